The molecule has 4 aliphatic heterocycles. The number of fused-ring (bicyclic) bond motifs is 2. The zero-order valence-corrected chi connectivity index (χ0v) is 35.4. The molecule has 1 saturated carbocycles. The molecule has 63 heavy (non-hydrogen) atoms. The first-order valence-electron chi connectivity index (χ1n) is 21.9. The normalized spacial score (nSPS) is 22.0. The molecular weight excluding hydrogens is 801 g/mol. The molecule has 10 rings (SSSR count). The fourth-order valence-electron chi connectivity index (χ4n) is 9.77. The van der Waals surface area contributed by atoms with Gasteiger partial charge in [-0.15, -0.1) is 0 Å². The molecule has 5 aromatic rings. The molecule has 0 spiro atoms. The van der Waals surface area contributed by atoms with Crippen LogP contribution in [0.1, 0.15) is 87.0 Å². The van der Waals surface area contributed by atoms with Crippen molar-refractivity contribution in [2.45, 2.75) is 70.5 Å². The molecule has 0 radical (unpaired) electrons. The Bertz CT molecular complexity index is 2640. The number of benzene rings is 2. The van der Waals surface area contributed by atoms with Crippen molar-refractivity contribution in [1.82, 2.24) is 44.9 Å². The lowest BCUT2D eigenvalue weighted by molar-refractivity contribution is -0.136. The third-order valence-corrected chi connectivity index (χ3v) is 13.4. The smallest absolute Gasteiger partial charge is 0.270 e. The van der Waals surface area contributed by atoms with E-state index in [1.165, 1.54) is 5.69 Å². The van der Waals surface area contributed by atoms with Gasteiger partial charge in [-0.2, -0.15) is 0 Å². The molecule has 1 atom stereocenters. The number of aromatic nitrogens is 5. The van der Waals surface area contributed by atoms with Crippen LogP contribution >= 0.6 is 0 Å². The topological polar surface area (TPSA) is 191 Å². The van der Waals surface area contributed by atoms with E-state index >= 15 is 0 Å². The Balaban J connectivity index is 0.693. The van der Waals surface area contributed by atoms with Crippen LogP contribution < -0.4 is 25.8 Å². The summed E-state index contributed by atoms with van der Waals surface area (Å²) in [7, 11) is 0. The standard InChI is InChI=1S/C46H50N12O5/c1-27-20-31(7-9-36(27)52-41-40-42(48-25-47-41)57(26-49-40)33-21-30(22-33)51-43(60)37-5-3-4-28(2)50-37)56-18-16-54(17-19-56)24-29-12-14-55(15-13-29)32-6-8-34-35(23-32)46(63)58(45(34)62)38-10-11-39(59)53-44(38)61/h3-9,20,23,25-26,29-30,33,38H,10-19,21-22,24H2,1-2H3,(H,51,60)(H,47,48,52)(H,53,59,61)/t30?,33?,38-/m0/s1. The van der Waals surface area contributed by atoms with E-state index in [-0.39, 0.29) is 36.7 Å². The third-order valence-electron chi connectivity index (χ3n) is 13.4. The fourth-order valence-corrected chi connectivity index (χ4v) is 9.77. The Kier molecular flexibility index (Phi) is 10.6. The SMILES string of the molecule is Cc1cccc(C(=O)NC2CC(n3cnc4c(Nc5ccc(N6CCN(CC7CCN(c8ccc9c(c8)C(=O)N([C@H]8CCC(=O)NC8=O)C9=O)CC7)CC6)cc5C)ncnc43)C2)n1. The van der Waals surface area contributed by atoms with Gasteiger partial charge < -0.3 is 25.0 Å². The molecule has 0 bridgehead atoms. The molecule has 324 valence electrons. The second kappa shape index (κ2) is 16.5. The number of carbonyl (C=O) groups is 5. The van der Waals surface area contributed by atoms with Crippen LogP contribution in [0.4, 0.5) is 22.9 Å². The van der Waals surface area contributed by atoms with E-state index in [9.17, 15) is 24.0 Å². The number of nitrogens with zero attached hydrogens (tertiary/aromatic N) is 9. The minimum absolute atomic E-state index is 0.0644. The van der Waals surface area contributed by atoms with Gasteiger partial charge in [0.15, 0.2) is 17.0 Å². The molecule has 17 heteroatoms. The first-order chi connectivity index (χ1) is 30.6. The van der Waals surface area contributed by atoms with E-state index in [2.05, 4.69) is 75.3 Å². The molecule has 5 aliphatic rings. The first-order valence-corrected chi connectivity index (χ1v) is 21.9. The second-order valence-corrected chi connectivity index (χ2v) is 17.5. The average Bonchev–Trinajstić information content (AvgIpc) is 3.81. The predicted octanol–water partition coefficient (Wildman–Crippen LogP) is 4.16. The number of piperidine rings is 2. The average molecular weight is 851 g/mol. The van der Waals surface area contributed by atoms with Crippen molar-refractivity contribution in [1.29, 1.82) is 0 Å². The number of rotatable bonds is 10. The van der Waals surface area contributed by atoms with Crippen molar-refractivity contribution in [2.24, 2.45) is 5.92 Å². The van der Waals surface area contributed by atoms with Crippen LogP contribution in [0.5, 0.6) is 0 Å². The highest BCUT2D eigenvalue weighted by Gasteiger charge is 2.45. The quantitative estimate of drug-likeness (QED) is 0.170. The molecule has 4 fully saturated rings. The third kappa shape index (κ3) is 7.85. The fraction of sp³-hybridized carbons (Fsp3) is 0.413. The van der Waals surface area contributed by atoms with Crippen molar-refractivity contribution < 1.29 is 24.0 Å². The molecular formula is C46H50N12O5. The monoisotopic (exact) mass is 850 g/mol. The summed E-state index contributed by atoms with van der Waals surface area (Å²) in [5.41, 5.74) is 7.51. The highest BCUT2D eigenvalue weighted by molar-refractivity contribution is 6.23. The van der Waals surface area contributed by atoms with E-state index in [0.717, 1.165) is 105 Å². The Morgan fingerprint density at radius 1 is 0.810 bits per heavy atom. The largest absolute Gasteiger partial charge is 0.371 e. The number of anilines is 4. The van der Waals surface area contributed by atoms with Gasteiger partial charge in [-0.05, 0) is 106 Å². The maximum Gasteiger partial charge on any atom is 0.270 e. The van der Waals surface area contributed by atoms with E-state index in [1.54, 1.807) is 24.5 Å². The summed E-state index contributed by atoms with van der Waals surface area (Å²) in [6, 6.07) is 16.6. The molecule has 7 heterocycles. The Morgan fingerprint density at radius 2 is 1.56 bits per heavy atom. The molecule has 17 nitrogen and oxygen atoms in total. The van der Waals surface area contributed by atoms with Gasteiger partial charge in [0.25, 0.3) is 17.7 Å². The minimum atomic E-state index is -0.968. The lowest BCUT2D eigenvalue weighted by Gasteiger charge is -2.40. The molecule has 3 aromatic heterocycles. The Hall–Kier alpha value is -6.75. The number of piperazine rings is 1. The molecule has 5 amide bonds. The zero-order valence-electron chi connectivity index (χ0n) is 35.4. The van der Waals surface area contributed by atoms with Crippen molar-refractivity contribution >= 4 is 63.6 Å². The molecule has 2 aromatic carbocycles. The van der Waals surface area contributed by atoms with E-state index in [0.29, 0.717) is 34.1 Å². The van der Waals surface area contributed by atoms with Crippen molar-refractivity contribution in [3.63, 3.8) is 0 Å². The van der Waals surface area contributed by atoms with Crippen LogP contribution in [0, 0.1) is 19.8 Å². The van der Waals surface area contributed by atoms with Crippen molar-refractivity contribution in [3.8, 4) is 0 Å². The first kappa shape index (κ1) is 40.3. The number of amides is 5. The van der Waals surface area contributed by atoms with Gasteiger partial charge >= 0.3 is 0 Å². The van der Waals surface area contributed by atoms with E-state index in [1.807, 2.05) is 31.5 Å². The van der Waals surface area contributed by atoms with Gasteiger partial charge in [0.05, 0.1) is 17.5 Å². The lowest BCUT2D eigenvalue weighted by atomic mass is 9.86. The van der Waals surface area contributed by atoms with Gasteiger partial charge in [-0.1, -0.05) is 6.07 Å². The summed E-state index contributed by atoms with van der Waals surface area (Å²) in [5.74, 6) is -0.872. The number of nitrogens with one attached hydrogen (secondary N) is 3. The summed E-state index contributed by atoms with van der Waals surface area (Å²) >= 11 is 0. The number of aryl methyl sites for hydroxylation is 2. The molecule has 0 unspecified atom stereocenters. The number of pyridine rings is 1. The minimum Gasteiger partial charge on any atom is -0.371 e. The van der Waals surface area contributed by atoms with E-state index in [4.69, 9.17) is 4.98 Å². The highest BCUT2D eigenvalue weighted by atomic mass is 16.2. The summed E-state index contributed by atoms with van der Waals surface area (Å²) in [6.07, 6.45) is 7.27. The summed E-state index contributed by atoms with van der Waals surface area (Å²) < 4.78 is 2.08. The molecule has 3 N–H and O–H groups in total. The summed E-state index contributed by atoms with van der Waals surface area (Å²) in [5, 5.41) is 8.87. The van der Waals surface area contributed by atoms with Gasteiger partial charge in [-0.25, -0.2) is 19.9 Å². The van der Waals surface area contributed by atoms with Gasteiger partial charge in [0, 0.05) is 87.1 Å². The number of hydrogen-bond acceptors (Lipinski definition) is 13. The number of hydrogen-bond donors (Lipinski definition) is 3. The summed E-state index contributed by atoms with van der Waals surface area (Å²) in [6.45, 7) is 10.6. The highest BCUT2D eigenvalue weighted by Crippen LogP contribution is 2.37. The van der Waals surface area contributed by atoms with Crippen LogP contribution in [-0.2, 0) is 9.59 Å². The number of imidazole rings is 1. The predicted molar refractivity (Wildman–Crippen MR) is 235 cm³/mol. The van der Waals surface area contributed by atoms with Crippen molar-refractivity contribution in [2.75, 3.05) is 60.9 Å². The maximum atomic E-state index is 13.4. The molecule has 3 saturated heterocycles. The van der Waals surface area contributed by atoms with Gasteiger partial charge in [0.2, 0.25) is 11.8 Å². The molecule has 1 aliphatic carbocycles. The maximum absolute atomic E-state index is 13.4. The van der Waals surface area contributed by atoms with Crippen molar-refractivity contribution in [3.05, 3.63) is 95.3 Å². The van der Waals surface area contributed by atoms with Crippen LogP contribution in [0.3, 0.4) is 0 Å². The number of imide groups is 2. The Labute approximate surface area is 364 Å². The van der Waals surface area contributed by atoms with Crippen LogP contribution in [0.25, 0.3) is 11.2 Å². The lowest BCUT2D eigenvalue weighted by Crippen LogP contribution is -2.54. The zero-order chi connectivity index (χ0) is 43.4. The summed E-state index contributed by atoms with van der Waals surface area (Å²) in [4.78, 5) is 89.9. The van der Waals surface area contributed by atoms with Gasteiger partial charge in [-0.3, -0.25) is 39.1 Å². The van der Waals surface area contributed by atoms with Gasteiger partial charge in [0.1, 0.15) is 18.1 Å². The number of carbonyl (C=O) groups excluding carboxylic acids is 5. The second-order valence-electron chi connectivity index (χ2n) is 17.5. The van der Waals surface area contributed by atoms with Crippen LogP contribution in [0.15, 0.2) is 67.3 Å². The van der Waals surface area contributed by atoms with Crippen LogP contribution in [-0.4, -0.2) is 122 Å². The van der Waals surface area contributed by atoms with Crippen LogP contribution in [0.2, 0.25) is 0 Å². The Morgan fingerprint density at radius 3 is 2.32 bits per heavy atom. The van der Waals surface area contributed by atoms with E-state index < -0.39 is 23.8 Å².